The Hall–Kier alpha value is -3.30. The van der Waals surface area contributed by atoms with Gasteiger partial charge in [-0.05, 0) is 98.2 Å². The molecule has 1 aliphatic carbocycles. The van der Waals surface area contributed by atoms with Gasteiger partial charge in [0.2, 0.25) is 0 Å². The monoisotopic (exact) mass is 672 g/mol. The fraction of sp³-hybridized carbons (Fsp3) is 0.561. The fourth-order valence-corrected chi connectivity index (χ4v) is 7.26. The Morgan fingerprint density at radius 1 is 0.959 bits per heavy atom. The number of unbranched alkanes of at least 4 members (excludes halogenated alkanes) is 1. The van der Waals surface area contributed by atoms with Crippen LogP contribution < -0.4 is 11.4 Å². The summed E-state index contributed by atoms with van der Waals surface area (Å²) < 4.78 is 2.19. The number of nitrogens with two attached hydrogens (primary N) is 1. The van der Waals surface area contributed by atoms with E-state index in [4.69, 9.17) is 10.7 Å². The first kappa shape index (κ1) is 38.5. The van der Waals surface area contributed by atoms with Crippen LogP contribution in [0.5, 0.6) is 0 Å². The molecular formula is C41H60N4O4. The largest absolute Gasteiger partial charge is 0.309 e. The second-order valence-corrected chi connectivity index (χ2v) is 14.4. The van der Waals surface area contributed by atoms with Crippen LogP contribution >= 0.6 is 0 Å². The number of hydrogen-bond acceptors (Lipinski definition) is 6. The third-order valence-electron chi connectivity index (χ3n) is 9.87. The minimum atomic E-state index is -0.314. The number of hydroxylamine groups is 1. The highest BCUT2D eigenvalue weighted by Gasteiger charge is 2.20. The minimum Gasteiger partial charge on any atom is -0.309 e. The van der Waals surface area contributed by atoms with Crippen LogP contribution in [0.15, 0.2) is 60.7 Å². The number of nitrogens with one attached hydrogen (secondary N) is 1. The topological polar surface area (TPSA) is 105 Å². The quantitative estimate of drug-likeness (QED) is 0.0657. The third-order valence-corrected chi connectivity index (χ3v) is 9.87. The molecule has 0 radical (unpaired) electrons. The van der Waals surface area contributed by atoms with Crippen molar-refractivity contribution in [3.05, 3.63) is 81.9 Å². The van der Waals surface area contributed by atoms with E-state index in [2.05, 4.69) is 85.9 Å². The summed E-state index contributed by atoms with van der Waals surface area (Å²) in [6, 6.07) is 20.7. The Balaban J connectivity index is 0.000000827. The molecule has 49 heavy (non-hydrogen) atoms. The highest BCUT2D eigenvalue weighted by Crippen LogP contribution is 2.37. The van der Waals surface area contributed by atoms with Crippen molar-refractivity contribution in [3.63, 3.8) is 0 Å². The molecule has 8 nitrogen and oxygen atoms in total. The van der Waals surface area contributed by atoms with Crippen molar-refractivity contribution >= 4 is 27.5 Å². The number of benzene rings is 3. The van der Waals surface area contributed by atoms with Crippen molar-refractivity contribution in [2.45, 2.75) is 124 Å². The number of hydrogen-bond donors (Lipinski definition) is 2. The molecule has 268 valence electrons. The second kappa shape index (κ2) is 19.8. The minimum absolute atomic E-state index is 0.105. The molecule has 5 rings (SSSR count). The summed E-state index contributed by atoms with van der Waals surface area (Å²) in [4.78, 5) is 21.6. The molecule has 2 atom stereocenters. The maximum absolute atomic E-state index is 11.6. The number of aryl methyl sites for hydroxylation is 1. The lowest BCUT2D eigenvalue weighted by molar-refractivity contribution is -0.384. The highest BCUT2D eigenvalue weighted by molar-refractivity contribution is 6.09. The molecule has 1 saturated carbocycles. The molecule has 1 fully saturated rings. The van der Waals surface area contributed by atoms with Crippen LogP contribution in [-0.2, 0) is 16.1 Å². The van der Waals surface area contributed by atoms with Crippen molar-refractivity contribution in [1.29, 1.82) is 0 Å². The van der Waals surface area contributed by atoms with Crippen LogP contribution in [0.4, 0.5) is 5.69 Å². The van der Waals surface area contributed by atoms with Gasteiger partial charge in [-0.25, -0.2) is 11.4 Å². The number of nitro benzene ring substituents is 1. The lowest BCUT2D eigenvalue weighted by Crippen LogP contribution is -2.27. The predicted octanol–water partition coefficient (Wildman–Crippen LogP) is 10.7. The van der Waals surface area contributed by atoms with Gasteiger partial charge in [-0.15, -0.1) is 0 Å². The van der Waals surface area contributed by atoms with Gasteiger partial charge in [0.15, 0.2) is 0 Å². The summed E-state index contributed by atoms with van der Waals surface area (Å²) in [6.45, 7) is 12.4. The first-order valence-electron chi connectivity index (χ1n) is 18.8. The average molecular weight is 673 g/mol. The summed E-state index contributed by atoms with van der Waals surface area (Å²) in [5.41, 5.74) is 9.05. The lowest BCUT2D eigenvalue weighted by atomic mass is 9.85. The summed E-state index contributed by atoms with van der Waals surface area (Å²) in [5.74, 6) is 6.41. The summed E-state index contributed by atoms with van der Waals surface area (Å²) in [5, 5.41) is 14.1. The van der Waals surface area contributed by atoms with Gasteiger partial charge >= 0.3 is 0 Å². The second-order valence-electron chi connectivity index (χ2n) is 14.4. The number of rotatable bonds is 17. The normalized spacial score (nSPS) is 15.0. The molecule has 0 amide bonds. The van der Waals surface area contributed by atoms with E-state index in [1.54, 1.807) is 18.2 Å². The Kier molecular flexibility index (Phi) is 15.5. The third kappa shape index (κ3) is 11.1. The van der Waals surface area contributed by atoms with Gasteiger partial charge in [-0.2, -0.15) is 0 Å². The van der Waals surface area contributed by atoms with E-state index in [0.29, 0.717) is 18.4 Å². The van der Waals surface area contributed by atoms with Crippen molar-refractivity contribution < 1.29 is 14.6 Å². The summed E-state index contributed by atoms with van der Waals surface area (Å²) in [7, 11) is 0. The molecule has 3 N–H and O–H groups in total. The van der Waals surface area contributed by atoms with E-state index in [9.17, 15) is 10.1 Å². The molecule has 0 aliphatic heterocycles. The Morgan fingerprint density at radius 3 is 2.35 bits per heavy atom. The zero-order valence-electron chi connectivity index (χ0n) is 30.6. The molecule has 1 aromatic heterocycles. The zero-order valence-corrected chi connectivity index (χ0v) is 30.6. The van der Waals surface area contributed by atoms with E-state index < -0.39 is 0 Å². The number of fused-ring (bicyclic) bond motifs is 3. The van der Waals surface area contributed by atoms with E-state index in [1.807, 2.05) is 6.07 Å². The molecule has 0 saturated heterocycles. The predicted molar refractivity (Wildman–Crippen MR) is 203 cm³/mol. The van der Waals surface area contributed by atoms with E-state index in [-0.39, 0.29) is 16.7 Å². The van der Waals surface area contributed by atoms with Crippen LogP contribution in [-0.4, -0.2) is 28.7 Å². The number of non-ortho nitro benzene ring substituents is 1. The lowest BCUT2D eigenvalue weighted by Gasteiger charge is -2.22. The van der Waals surface area contributed by atoms with Gasteiger partial charge in [0.1, 0.15) is 0 Å². The zero-order chi connectivity index (χ0) is 35.2. The van der Waals surface area contributed by atoms with E-state index in [1.165, 1.54) is 60.4 Å². The molecule has 3 aromatic carbocycles. The first-order valence-corrected chi connectivity index (χ1v) is 18.8. The SMILES string of the molecule is CCCC(C)ONCC(CC(C)C)c1ccc2c(c1)c1cc(CCC3CCCCC3)ccc1n2-c1cccc([N+](=O)[O-])c1.CCCCON. The first-order chi connectivity index (χ1) is 23.7. The molecule has 4 aromatic rings. The van der Waals surface area contributed by atoms with Gasteiger partial charge < -0.3 is 9.40 Å². The van der Waals surface area contributed by atoms with E-state index in [0.717, 1.165) is 67.7 Å². The van der Waals surface area contributed by atoms with Crippen molar-refractivity contribution in [2.24, 2.45) is 17.7 Å². The average Bonchev–Trinajstić information content (AvgIpc) is 3.43. The van der Waals surface area contributed by atoms with Gasteiger partial charge in [0.05, 0.1) is 34.4 Å². The molecule has 0 bridgehead atoms. The maximum atomic E-state index is 11.6. The Bertz CT molecular complexity index is 1590. The molecular weight excluding hydrogens is 612 g/mol. The smallest absolute Gasteiger partial charge is 0.271 e. The number of aromatic nitrogens is 1. The summed E-state index contributed by atoms with van der Waals surface area (Å²) in [6.07, 6.45) is 14.8. The van der Waals surface area contributed by atoms with Crippen molar-refractivity contribution in [1.82, 2.24) is 10.0 Å². The van der Waals surface area contributed by atoms with Gasteiger partial charge in [0.25, 0.3) is 5.69 Å². The van der Waals surface area contributed by atoms with Gasteiger partial charge in [0, 0.05) is 29.4 Å². The molecule has 1 aliphatic rings. The summed E-state index contributed by atoms with van der Waals surface area (Å²) >= 11 is 0. The molecule has 1 heterocycles. The van der Waals surface area contributed by atoms with Crippen molar-refractivity contribution in [2.75, 3.05) is 13.2 Å². The van der Waals surface area contributed by atoms with Crippen LogP contribution in [0.2, 0.25) is 0 Å². The molecule has 0 spiro atoms. The Labute approximate surface area is 293 Å². The van der Waals surface area contributed by atoms with Crippen LogP contribution in [0, 0.1) is 22.0 Å². The van der Waals surface area contributed by atoms with Crippen LogP contribution in [0.1, 0.15) is 122 Å². The molecule has 8 heteroatoms. The molecule has 2 unspecified atom stereocenters. The van der Waals surface area contributed by atoms with Crippen molar-refractivity contribution in [3.8, 4) is 5.69 Å². The maximum Gasteiger partial charge on any atom is 0.271 e. The van der Waals surface area contributed by atoms with Crippen LogP contribution in [0.3, 0.4) is 0 Å². The van der Waals surface area contributed by atoms with Gasteiger partial charge in [-0.1, -0.05) is 90.8 Å². The highest BCUT2D eigenvalue weighted by atomic mass is 16.7. The number of nitro groups is 1. The van der Waals surface area contributed by atoms with Gasteiger partial charge in [-0.3, -0.25) is 15.0 Å². The number of nitrogens with zero attached hydrogens (tertiary/aromatic N) is 2. The van der Waals surface area contributed by atoms with Crippen LogP contribution in [0.25, 0.3) is 27.5 Å². The fourth-order valence-electron chi connectivity index (χ4n) is 7.26. The Morgan fingerprint density at radius 2 is 1.69 bits per heavy atom. The standard InChI is InChI=1S/C37H49N3O3.C4H11NO/c1-5-10-27(4)43-38-25-31(21-26(2)3)30-18-20-37-35(23-30)34-22-29(16-15-28-11-7-6-8-12-28)17-19-36(34)39(37)32-13-9-14-33(24-32)40(41)42;1-2-3-4-6-5/h9,13-14,17-20,22-24,26-28,31,38H,5-8,10-12,15-16,21,25H2,1-4H3;2-5H2,1H3. The van der Waals surface area contributed by atoms with E-state index >= 15 is 0 Å².